The Balaban J connectivity index is 2.28. The summed E-state index contributed by atoms with van der Waals surface area (Å²) in [6.07, 6.45) is 11.4. The Kier molecular flexibility index (Phi) is 3.39. The maximum Gasteiger partial charge on any atom is 0.259 e. The summed E-state index contributed by atoms with van der Waals surface area (Å²) in [7, 11) is 0. The van der Waals surface area contributed by atoms with E-state index >= 15 is 0 Å². The SMILES string of the molecule is Cc1[nH]nc(ON)c1CC1=CC(C)(C)C=CC=C1. The second-order valence-electron chi connectivity index (χ2n) is 5.19. The van der Waals surface area contributed by atoms with E-state index in [0.717, 1.165) is 17.7 Å². The van der Waals surface area contributed by atoms with Gasteiger partial charge in [-0.25, -0.2) is 0 Å². The van der Waals surface area contributed by atoms with Gasteiger partial charge in [0.15, 0.2) is 0 Å². The summed E-state index contributed by atoms with van der Waals surface area (Å²) in [5.74, 6) is 5.69. The second-order valence-corrected chi connectivity index (χ2v) is 5.19. The molecule has 1 aromatic heterocycles. The number of H-pyrrole nitrogens is 1. The molecule has 4 heteroatoms. The standard InChI is InChI=1S/C14H19N3O/c1-10-12(13(18-15)17-16-10)8-11-6-4-5-7-14(2,3)9-11/h4-7,9H,8,15H2,1-3H3,(H,16,17). The van der Waals surface area contributed by atoms with Crippen molar-refractivity contribution in [1.82, 2.24) is 10.2 Å². The number of hydrogen-bond donors (Lipinski definition) is 2. The van der Waals surface area contributed by atoms with E-state index in [0.29, 0.717) is 5.88 Å². The van der Waals surface area contributed by atoms with Gasteiger partial charge in [0.2, 0.25) is 0 Å². The van der Waals surface area contributed by atoms with E-state index < -0.39 is 0 Å². The molecule has 96 valence electrons. The summed E-state index contributed by atoms with van der Waals surface area (Å²) in [4.78, 5) is 4.78. The van der Waals surface area contributed by atoms with Crippen LogP contribution in [0.4, 0.5) is 0 Å². The van der Waals surface area contributed by atoms with Gasteiger partial charge in [-0.05, 0) is 12.5 Å². The van der Waals surface area contributed by atoms with Crippen molar-refractivity contribution in [2.45, 2.75) is 27.2 Å². The van der Waals surface area contributed by atoms with Gasteiger partial charge < -0.3 is 4.84 Å². The third-order valence-electron chi connectivity index (χ3n) is 3.03. The fourth-order valence-electron chi connectivity index (χ4n) is 2.11. The van der Waals surface area contributed by atoms with Crippen LogP contribution >= 0.6 is 0 Å². The van der Waals surface area contributed by atoms with Crippen LogP contribution in [0.5, 0.6) is 5.88 Å². The van der Waals surface area contributed by atoms with Gasteiger partial charge in [-0.1, -0.05) is 44.2 Å². The minimum Gasteiger partial charge on any atom is -0.389 e. The molecule has 3 N–H and O–H groups in total. The van der Waals surface area contributed by atoms with Gasteiger partial charge in [0.05, 0.1) is 0 Å². The molecule has 1 aliphatic carbocycles. The molecular formula is C14H19N3O. The molecule has 0 unspecified atom stereocenters. The number of aromatic amines is 1. The van der Waals surface area contributed by atoms with E-state index in [1.807, 2.05) is 6.92 Å². The lowest BCUT2D eigenvalue weighted by Gasteiger charge is -2.15. The number of nitrogens with two attached hydrogens (primary N) is 1. The quantitative estimate of drug-likeness (QED) is 0.804. The number of nitrogens with zero attached hydrogens (tertiary/aromatic N) is 1. The van der Waals surface area contributed by atoms with Crippen molar-refractivity contribution in [2.24, 2.45) is 11.3 Å². The summed E-state index contributed by atoms with van der Waals surface area (Å²) < 4.78 is 0. The third-order valence-corrected chi connectivity index (χ3v) is 3.03. The van der Waals surface area contributed by atoms with Gasteiger partial charge in [-0.2, -0.15) is 5.90 Å². The minimum atomic E-state index is 0.0558. The van der Waals surface area contributed by atoms with Crippen molar-refractivity contribution in [2.75, 3.05) is 0 Å². The van der Waals surface area contributed by atoms with Gasteiger partial charge in [0.25, 0.3) is 5.88 Å². The molecule has 1 heterocycles. The molecule has 0 saturated heterocycles. The van der Waals surface area contributed by atoms with Crippen molar-refractivity contribution in [3.63, 3.8) is 0 Å². The zero-order valence-corrected chi connectivity index (χ0v) is 11.0. The van der Waals surface area contributed by atoms with Crippen molar-refractivity contribution in [3.05, 3.63) is 47.2 Å². The first kappa shape index (κ1) is 12.6. The zero-order valence-electron chi connectivity index (χ0n) is 11.0. The van der Waals surface area contributed by atoms with Gasteiger partial charge in [-0.15, -0.1) is 5.10 Å². The van der Waals surface area contributed by atoms with Gasteiger partial charge in [-0.3, -0.25) is 5.10 Å². The van der Waals surface area contributed by atoms with Crippen LogP contribution in [0.3, 0.4) is 0 Å². The van der Waals surface area contributed by atoms with Gasteiger partial charge in [0, 0.05) is 23.1 Å². The first-order chi connectivity index (χ1) is 8.52. The Labute approximate surface area is 107 Å². The molecule has 0 bridgehead atoms. The Morgan fingerprint density at radius 2 is 2.17 bits per heavy atom. The number of nitrogens with one attached hydrogen (secondary N) is 1. The van der Waals surface area contributed by atoms with Crippen LogP contribution in [0, 0.1) is 12.3 Å². The first-order valence-electron chi connectivity index (χ1n) is 6.00. The lowest BCUT2D eigenvalue weighted by molar-refractivity contribution is 0.317. The zero-order chi connectivity index (χ0) is 13.2. The highest BCUT2D eigenvalue weighted by Crippen LogP contribution is 2.28. The van der Waals surface area contributed by atoms with E-state index in [2.05, 4.69) is 54.4 Å². The molecular weight excluding hydrogens is 226 g/mol. The van der Waals surface area contributed by atoms with Crippen molar-refractivity contribution in [1.29, 1.82) is 0 Å². The Morgan fingerprint density at radius 3 is 2.89 bits per heavy atom. The monoisotopic (exact) mass is 245 g/mol. The average Bonchev–Trinajstić information content (AvgIpc) is 2.54. The van der Waals surface area contributed by atoms with E-state index in [4.69, 9.17) is 10.7 Å². The first-order valence-corrected chi connectivity index (χ1v) is 6.00. The normalized spacial score (nSPS) is 17.4. The summed E-state index contributed by atoms with van der Waals surface area (Å²) in [5.41, 5.74) is 3.28. The molecule has 0 radical (unpaired) electrons. The van der Waals surface area contributed by atoms with Crippen molar-refractivity contribution < 1.29 is 4.84 Å². The summed E-state index contributed by atoms with van der Waals surface area (Å²) in [6, 6.07) is 0. The topological polar surface area (TPSA) is 63.9 Å². The average molecular weight is 245 g/mol. The van der Waals surface area contributed by atoms with Crippen LogP contribution < -0.4 is 10.7 Å². The fraction of sp³-hybridized carbons (Fsp3) is 0.357. The van der Waals surface area contributed by atoms with Crippen LogP contribution in [0.2, 0.25) is 0 Å². The maximum absolute atomic E-state index is 5.22. The molecule has 0 aromatic carbocycles. The summed E-state index contributed by atoms with van der Waals surface area (Å²) in [5, 5.41) is 6.91. The van der Waals surface area contributed by atoms with E-state index in [1.54, 1.807) is 0 Å². The molecule has 2 rings (SSSR count). The molecule has 0 fully saturated rings. The lowest BCUT2D eigenvalue weighted by atomic mass is 9.90. The largest absolute Gasteiger partial charge is 0.389 e. The number of rotatable bonds is 3. The van der Waals surface area contributed by atoms with Crippen LogP contribution in [-0.2, 0) is 6.42 Å². The second kappa shape index (κ2) is 4.82. The fourth-order valence-corrected chi connectivity index (χ4v) is 2.11. The molecule has 0 amide bonds. The molecule has 0 atom stereocenters. The van der Waals surface area contributed by atoms with Crippen molar-refractivity contribution in [3.8, 4) is 5.88 Å². The van der Waals surface area contributed by atoms with Crippen LogP contribution in [0.15, 0.2) is 36.0 Å². The third kappa shape index (κ3) is 2.71. The molecule has 1 aliphatic rings. The Morgan fingerprint density at radius 1 is 1.39 bits per heavy atom. The summed E-state index contributed by atoms with van der Waals surface area (Å²) in [6.45, 7) is 6.33. The Bertz CT molecular complexity index is 521. The smallest absolute Gasteiger partial charge is 0.259 e. The highest BCUT2D eigenvalue weighted by atomic mass is 16.6. The highest BCUT2D eigenvalue weighted by molar-refractivity contribution is 5.39. The number of allylic oxidation sites excluding steroid dienone is 6. The van der Waals surface area contributed by atoms with Crippen LogP contribution in [-0.4, -0.2) is 10.2 Å². The number of aromatic nitrogens is 2. The van der Waals surface area contributed by atoms with E-state index in [-0.39, 0.29) is 5.41 Å². The highest BCUT2D eigenvalue weighted by Gasteiger charge is 2.16. The van der Waals surface area contributed by atoms with Crippen LogP contribution in [0.1, 0.15) is 25.1 Å². The number of hydrogen-bond acceptors (Lipinski definition) is 3. The number of aryl methyl sites for hydroxylation is 1. The van der Waals surface area contributed by atoms with Crippen LogP contribution in [0.25, 0.3) is 0 Å². The molecule has 1 aromatic rings. The molecule has 18 heavy (non-hydrogen) atoms. The maximum atomic E-state index is 5.22. The molecule has 0 saturated carbocycles. The molecule has 4 nitrogen and oxygen atoms in total. The predicted octanol–water partition coefficient (Wildman–Crippen LogP) is 2.59. The molecule has 0 spiro atoms. The van der Waals surface area contributed by atoms with E-state index in [9.17, 15) is 0 Å². The van der Waals surface area contributed by atoms with Gasteiger partial charge in [0.1, 0.15) is 0 Å². The van der Waals surface area contributed by atoms with E-state index in [1.165, 1.54) is 5.57 Å². The Hall–Kier alpha value is -1.81. The molecule has 0 aliphatic heterocycles. The summed E-state index contributed by atoms with van der Waals surface area (Å²) >= 11 is 0. The lowest BCUT2D eigenvalue weighted by Crippen LogP contribution is -2.06. The van der Waals surface area contributed by atoms with Crippen molar-refractivity contribution >= 4 is 0 Å². The predicted molar refractivity (Wildman–Crippen MR) is 72.0 cm³/mol. The minimum absolute atomic E-state index is 0.0558. The van der Waals surface area contributed by atoms with Gasteiger partial charge >= 0.3 is 0 Å².